The second-order valence-electron chi connectivity index (χ2n) is 4.10. The van der Waals surface area contributed by atoms with Crippen LogP contribution in [-0.4, -0.2) is 15.3 Å². The summed E-state index contributed by atoms with van der Waals surface area (Å²) >= 11 is 0. The molecule has 0 saturated carbocycles. The number of nitrogens with one attached hydrogen (secondary N) is 1. The molecule has 0 unspecified atom stereocenters. The summed E-state index contributed by atoms with van der Waals surface area (Å²) in [5, 5.41) is 2.70. The van der Waals surface area contributed by atoms with Gasteiger partial charge in [0, 0.05) is 11.9 Å². The van der Waals surface area contributed by atoms with Gasteiger partial charge in [-0.25, -0.2) is 9.37 Å². The number of halogens is 1. The highest BCUT2D eigenvalue weighted by molar-refractivity contribution is 6.04. The molecule has 3 aromatic rings. The van der Waals surface area contributed by atoms with Gasteiger partial charge < -0.3 is 9.72 Å². The van der Waals surface area contributed by atoms with Crippen LogP contribution in [0.4, 0.5) is 10.1 Å². The number of amides is 1. The van der Waals surface area contributed by atoms with Gasteiger partial charge in [-0.3, -0.25) is 4.79 Å². The fraction of sp³-hybridized carbons (Fsp3) is 0. The second kappa shape index (κ2) is 4.53. The molecule has 0 spiro atoms. The molecule has 0 aliphatic rings. The zero-order valence-corrected chi connectivity index (χ0v) is 9.88. The standard InChI is InChI=1S/C14H10FN3O/c15-11-2-4-12(5-3-11)17-14(19)10-1-6-13-7-16-9-18(13)8-10/h1-9H,(H,17,19). The third-order valence-electron chi connectivity index (χ3n) is 2.77. The Bertz CT molecular complexity index is 734. The van der Waals surface area contributed by atoms with E-state index in [-0.39, 0.29) is 11.7 Å². The summed E-state index contributed by atoms with van der Waals surface area (Å²) in [5.74, 6) is -0.583. The Balaban J connectivity index is 1.84. The van der Waals surface area contributed by atoms with Crippen LogP contribution in [0.1, 0.15) is 10.4 Å². The number of fused-ring (bicyclic) bond motifs is 1. The minimum absolute atomic E-state index is 0.248. The topological polar surface area (TPSA) is 46.4 Å². The van der Waals surface area contributed by atoms with Crippen LogP contribution in [-0.2, 0) is 0 Å². The number of imidazole rings is 1. The van der Waals surface area contributed by atoms with Gasteiger partial charge >= 0.3 is 0 Å². The van der Waals surface area contributed by atoms with Crippen LogP contribution in [0, 0.1) is 5.82 Å². The van der Waals surface area contributed by atoms with E-state index in [1.165, 1.54) is 24.3 Å². The Labute approximate surface area is 108 Å². The highest BCUT2D eigenvalue weighted by atomic mass is 19.1. The van der Waals surface area contributed by atoms with Crippen LogP contribution >= 0.6 is 0 Å². The molecule has 0 radical (unpaired) electrons. The number of anilines is 1. The average molecular weight is 255 g/mol. The molecule has 0 bridgehead atoms. The molecule has 4 nitrogen and oxygen atoms in total. The van der Waals surface area contributed by atoms with Crippen molar-refractivity contribution in [1.82, 2.24) is 9.38 Å². The van der Waals surface area contributed by atoms with Crippen molar-refractivity contribution in [1.29, 1.82) is 0 Å². The number of pyridine rings is 1. The van der Waals surface area contributed by atoms with Crippen molar-refractivity contribution in [2.75, 3.05) is 5.32 Å². The van der Waals surface area contributed by atoms with Crippen molar-refractivity contribution in [3.63, 3.8) is 0 Å². The number of rotatable bonds is 2. The van der Waals surface area contributed by atoms with Gasteiger partial charge in [-0.05, 0) is 36.4 Å². The molecule has 0 aliphatic heterocycles. The summed E-state index contributed by atoms with van der Waals surface area (Å²) in [6.07, 6.45) is 5.03. The summed E-state index contributed by atoms with van der Waals surface area (Å²) < 4.78 is 14.5. The van der Waals surface area contributed by atoms with Gasteiger partial charge in [-0.1, -0.05) is 0 Å². The van der Waals surface area contributed by atoms with Gasteiger partial charge in [0.25, 0.3) is 5.91 Å². The summed E-state index contributed by atoms with van der Waals surface area (Å²) in [6, 6.07) is 9.16. The first kappa shape index (κ1) is 11.4. The molecule has 2 aromatic heterocycles. The van der Waals surface area contributed by atoms with Crippen molar-refractivity contribution >= 4 is 17.1 Å². The summed E-state index contributed by atoms with van der Waals surface area (Å²) in [4.78, 5) is 16.0. The molecule has 0 saturated heterocycles. The van der Waals surface area contributed by atoms with Crippen LogP contribution in [0.3, 0.4) is 0 Å². The van der Waals surface area contributed by atoms with E-state index in [9.17, 15) is 9.18 Å². The van der Waals surface area contributed by atoms with E-state index in [0.29, 0.717) is 11.3 Å². The maximum absolute atomic E-state index is 12.8. The van der Waals surface area contributed by atoms with Gasteiger partial charge in [0.05, 0.1) is 23.6 Å². The predicted octanol–water partition coefficient (Wildman–Crippen LogP) is 2.73. The number of nitrogens with zero attached hydrogens (tertiary/aromatic N) is 2. The maximum atomic E-state index is 12.8. The van der Waals surface area contributed by atoms with Crippen molar-refractivity contribution in [2.45, 2.75) is 0 Å². The van der Waals surface area contributed by atoms with E-state index in [2.05, 4.69) is 10.3 Å². The Morgan fingerprint density at radius 1 is 1.16 bits per heavy atom. The smallest absolute Gasteiger partial charge is 0.257 e. The van der Waals surface area contributed by atoms with Gasteiger partial charge in [0.1, 0.15) is 5.82 Å². The molecular weight excluding hydrogens is 245 g/mol. The summed E-state index contributed by atoms with van der Waals surface area (Å²) in [7, 11) is 0. The first-order chi connectivity index (χ1) is 9.22. The lowest BCUT2D eigenvalue weighted by Gasteiger charge is -2.05. The van der Waals surface area contributed by atoms with Crippen molar-refractivity contribution in [3.05, 3.63) is 66.5 Å². The van der Waals surface area contributed by atoms with E-state index in [1.807, 2.05) is 6.07 Å². The van der Waals surface area contributed by atoms with E-state index in [1.54, 1.807) is 29.2 Å². The van der Waals surface area contributed by atoms with Crippen LogP contribution in [0.25, 0.3) is 5.52 Å². The number of benzene rings is 1. The predicted molar refractivity (Wildman–Crippen MR) is 69.5 cm³/mol. The molecule has 3 rings (SSSR count). The molecule has 0 fully saturated rings. The number of carbonyl (C=O) groups is 1. The third-order valence-corrected chi connectivity index (χ3v) is 2.77. The molecule has 94 valence electrons. The van der Waals surface area contributed by atoms with Gasteiger partial charge in [0.15, 0.2) is 0 Å². The SMILES string of the molecule is O=C(Nc1ccc(F)cc1)c1ccc2cncn2c1. The number of hydrogen-bond donors (Lipinski definition) is 1. The second-order valence-corrected chi connectivity index (χ2v) is 4.10. The van der Waals surface area contributed by atoms with Crippen molar-refractivity contribution < 1.29 is 9.18 Å². The summed E-state index contributed by atoms with van der Waals surface area (Å²) in [6.45, 7) is 0. The lowest BCUT2D eigenvalue weighted by molar-refractivity contribution is 0.102. The van der Waals surface area contributed by atoms with Crippen LogP contribution in [0.5, 0.6) is 0 Å². The highest BCUT2D eigenvalue weighted by Crippen LogP contribution is 2.11. The first-order valence-electron chi connectivity index (χ1n) is 5.71. The Kier molecular flexibility index (Phi) is 2.72. The Morgan fingerprint density at radius 2 is 1.95 bits per heavy atom. The molecule has 0 aliphatic carbocycles. The monoisotopic (exact) mass is 255 g/mol. The number of hydrogen-bond acceptors (Lipinski definition) is 2. The van der Waals surface area contributed by atoms with Gasteiger partial charge in [0.2, 0.25) is 0 Å². The van der Waals surface area contributed by atoms with E-state index >= 15 is 0 Å². The van der Waals surface area contributed by atoms with Gasteiger partial charge in [-0.2, -0.15) is 0 Å². The molecular formula is C14H10FN3O. The lowest BCUT2D eigenvalue weighted by Crippen LogP contribution is -2.12. The minimum atomic E-state index is -0.335. The zero-order valence-electron chi connectivity index (χ0n) is 9.88. The fourth-order valence-electron chi connectivity index (χ4n) is 1.79. The van der Waals surface area contributed by atoms with Crippen LogP contribution < -0.4 is 5.32 Å². The third kappa shape index (κ3) is 2.30. The van der Waals surface area contributed by atoms with Crippen LogP contribution in [0.2, 0.25) is 0 Å². The summed E-state index contributed by atoms with van der Waals surface area (Å²) in [5.41, 5.74) is 1.98. The highest BCUT2D eigenvalue weighted by Gasteiger charge is 2.07. The molecule has 5 heteroatoms. The molecule has 19 heavy (non-hydrogen) atoms. The molecule has 2 heterocycles. The fourth-order valence-corrected chi connectivity index (χ4v) is 1.79. The maximum Gasteiger partial charge on any atom is 0.257 e. The minimum Gasteiger partial charge on any atom is -0.322 e. The zero-order chi connectivity index (χ0) is 13.2. The largest absolute Gasteiger partial charge is 0.322 e. The number of carbonyl (C=O) groups excluding carboxylic acids is 1. The van der Waals surface area contributed by atoms with Crippen molar-refractivity contribution in [3.8, 4) is 0 Å². The molecule has 1 amide bonds. The molecule has 0 atom stereocenters. The first-order valence-corrected chi connectivity index (χ1v) is 5.71. The lowest BCUT2D eigenvalue weighted by atomic mass is 10.2. The van der Waals surface area contributed by atoms with E-state index in [4.69, 9.17) is 0 Å². The normalized spacial score (nSPS) is 10.6. The average Bonchev–Trinajstić information content (AvgIpc) is 2.88. The van der Waals surface area contributed by atoms with E-state index in [0.717, 1.165) is 5.52 Å². The molecule has 1 N–H and O–H groups in total. The van der Waals surface area contributed by atoms with Crippen LogP contribution in [0.15, 0.2) is 55.1 Å². The van der Waals surface area contributed by atoms with Crippen molar-refractivity contribution in [2.24, 2.45) is 0 Å². The number of aromatic nitrogens is 2. The Morgan fingerprint density at radius 3 is 2.74 bits per heavy atom. The van der Waals surface area contributed by atoms with Gasteiger partial charge in [-0.15, -0.1) is 0 Å². The molecule has 1 aromatic carbocycles. The Hall–Kier alpha value is -2.69. The quantitative estimate of drug-likeness (QED) is 0.765. The van der Waals surface area contributed by atoms with E-state index < -0.39 is 0 Å².